The molecule has 1 aliphatic carbocycles. The Morgan fingerprint density at radius 3 is 2.23 bits per heavy atom. The highest BCUT2D eigenvalue weighted by Gasteiger charge is 2.30. The van der Waals surface area contributed by atoms with Crippen molar-refractivity contribution in [2.75, 3.05) is 0 Å². The summed E-state index contributed by atoms with van der Waals surface area (Å²) in [5.41, 5.74) is 0. The van der Waals surface area contributed by atoms with Crippen LogP contribution in [0.4, 0.5) is 0 Å². The van der Waals surface area contributed by atoms with Gasteiger partial charge < -0.3 is 0 Å². The molecule has 4 heteroatoms. The van der Waals surface area contributed by atoms with Gasteiger partial charge in [0.1, 0.15) is 0 Å². The first kappa shape index (κ1) is 11.1. The van der Waals surface area contributed by atoms with Crippen LogP contribution in [0.25, 0.3) is 0 Å². The predicted octanol–water partition coefficient (Wildman–Crippen LogP) is 2.69. The summed E-state index contributed by atoms with van der Waals surface area (Å²) in [5.74, 6) is 0.189. The SMILES string of the molecule is C=CC(C1CCCCC1)S(=O)(=O)Cl. The van der Waals surface area contributed by atoms with Crippen molar-refractivity contribution in [3.05, 3.63) is 12.7 Å². The van der Waals surface area contributed by atoms with E-state index in [1.165, 1.54) is 12.5 Å². The molecule has 0 N–H and O–H groups in total. The third-order valence-corrected chi connectivity index (χ3v) is 4.52. The molecule has 1 saturated carbocycles. The number of hydrogen-bond donors (Lipinski definition) is 0. The molecule has 0 aromatic carbocycles. The van der Waals surface area contributed by atoms with Crippen molar-refractivity contribution in [2.24, 2.45) is 5.92 Å². The summed E-state index contributed by atoms with van der Waals surface area (Å²) in [6.45, 7) is 3.54. The van der Waals surface area contributed by atoms with Crippen LogP contribution in [0.1, 0.15) is 32.1 Å². The van der Waals surface area contributed by atoms with Crippen LogP contribution in [-0.2, 0) is 9.05 Å². The minimum Gasteiger partial charge on any atom is -0.212 e. The molecular formula is C9H15ClO2S. The van der Waals surface area contributed by atoms with Crippen molar-refractivity contribution in [3.8, 4) is 0 Å². The van der Waals surface area contributed by atoms with E-state index in [0.29, 0.717) is 0 Å². The molecule has 0 heterocycles. The van der Waals surface area contributed by atoms with Crippen LogP contribution >= 0.6 is 10.7 Å². The molecule has 76 valence electrons. The van der Waals surface area contributed by atoms with Crippen LogP contribution in [0, 0.1) is 5.92 Å². The fraction of sp³-hybridized carbons (Fsp3) is 0.778. The van der Waals surface area contributed by atoms with Gasteiger partial charge in [-0.2, -0.15) is 0 Å². The van der Waals surface area contributed by atoms with Gasteiger partial charge in [0, 0.05) is 10.7 Å². The van der Waals surface area contributed by atoms with Gasteiger partial charge in [0.25, 0.3) is 0 Å². The van der Waals surface area contributed by atoms with E-state index >= 15 is 0 Å². The lowest BCUT2D eigenvalue weighted by Crippen LogP contribution is -2.26. The van der Waals surface area contributed by atoms with Crippen LogP contribution in [0.3, 0.4) is 0 Å². The maximum Gasteiger partial charge on any atom is 0.239 e. The third kappa shape index (κ3) is 2.99. The van der Waals surface area contributed by atoms with Gasteiger partial charge in [-0.05, 0) is 18.8 Å². The second kappa shape index (κ2) is 4.47. The van der Waals surface area contributed by atoms with Crippen LogP contribution < -0.4 is 0 Å². The summed E-state index contributed by atoms with van der Waals surface area (Å²) < 4.78 is 22.3. The van der Waals surface area contributed by atoms with Gasteiger partial charge in [0.15, 0.2) is 0 Å². The molecule has 0 amide bonds. The van der Waals surface area contributed by atoms with E-state index in [1.54, 1.807) is 0 Å². The zero-order chi connectivity index (χ0) is 9.90. The lowest BCUT2D eigenvalue weighted by atomic mass is 9.87. The third-order valence-electron chi connectivity index (χ3n) is 2.67. The van der Waals surface area contributed by atoms with E-state index in [9.17, 15) is 8.42 Å². The fourth-order valence-electron chi connectivity index (χ4n) is 2.00. The summed E-state index contributed by atoms with van der Waals surface area (Å²) in [4.78, 5) is 0. The van der Waals surface area contributed by atoms with Crippen LogP contribution in [0.5, 0.6) is 0 Å². The van der Waals surface area contributed by atoms with Crippen molar-refractivity contribution in [3.63, 3.8) is 0 Å². The average molecular weight is 223 g/mol. The molecule has 1 atom stereocenters. The minimum atomic E-state index is -3.46. The lowest BCUT2D eigenvalue weighted by Gasteiger charge is -2.25. The minimum absolute atomic E-state index is 0.189. The predicted molar refractivity (Wildman–Crippen MR) is 55.3 cm³/mol. The van der Waals surface area contributed by atoms with Gasteiger partial charge in [-0.1, -0.05) is 25.3 Å². The first-order chi connectivity index (χ1) is 6.05. The highest BCUT2D eigenvalue weighted by Crippen LogP contribution is 2.31. The lowest BCUT2D eigenvalue weighted by molar-refractivity contribution is 0.362. The largest absolute Gasteiger partial charge is 0.239 e. The van der Waals surface area contributed by atoms with Gasteiger partial charge in [0.2, 0.25) is 9.05 Å². The molecule has 1 fully saturated rings. The Kier molecular flexibility index (Phi) is 3.80. The Balaban J connectivity index is 2.71. The Hall–Kier alpha value is -0.0200. The van der Waals surface area contributed by atoms with Gasteiger partial charge in [-0.15, -0.1) is 6.58 Å². The molecule has 0 radical (unpaired) electrons. The van der Waals surface area contributed by atoms with Crippen LogP contribution in [-0.4, -0.2) is 13.7 Å². The molecule has 0 aromatic rings. The molecular weight excluding hydrogens is 208 g/mol. The van der Waals surface area contributed by atoms with E-state index in [2.05, 4.69) is 6.58 Å². The van der Waals surface area contributed by atoms with E-state index < -0.39 is 14.3 Å². The maximum absolute atomic E-state index is 11.2. The normalized spacial score (nSPS) is 22.5. The molecule has 1 unspecified atom stereocenters. The van der Waals surface area contributed by atoms with Crippen molar-refractivity contribution >= 4 is 19.7 Å². The highest BCUT2D eigenvalue weighted by atomic mass is 35.7. The summed E-state index contributed by atoms with van der Waals surface area (Å²) in [6, 6.07) is 0. The second-order valence-electron chi connectivity index (χ2n) is 3.57. The zero-order valence-electron chi connectivity index (χ0n) is 7.58. The summed E-state index contributed by atoms with van der Waals surface area (Å²) in [7, 11) is 1.87. The molecule has 0 spiro atoms. The Morgan fingerprint density at radius 1 is 1.31 bits per heavy atom. The van der Waals surface area contributed by atoms with E-state index in [4.69, 9.17) is 10.7 Å². The molecule has 0 saturated heterocycles. The second-order valence-corrected chi connectivity index (χ2v) is 6.36. The van der Waals surface area contributed by atoms with Gasteiger partial charge >= 0.3 is 0 Å². The maximum atomic E-state index is 11.2. The Bertz CT molecular complexity index is 265. The fourth-order valence-corrected chi connectivity index (χ4v) is 3.62. The highest BCUT2D eigenvalue weighted by molar-refractivity contribution is 8.14. The summed E-state index contributed by atoms with van der Waals surface area (Å²) in [6.07, 6.45) is 6.83. The van der Waals surface area contributed by atoms with E-state index in [0.717, 1.165) is 25.7 Å². The topological polar surface area (TPSA) is 34.1 Å². The van der Waals surface area contributed by atoms with Crippen LogP contribution in [0.15, 0.2) is 12.7 Å². The standard InChI is InChI=1S/C9H15ClO2S/c1-2-9(13(10,11)12)8-6-4-3-5-7-8/h2,8-9H,1,3-7H2. The number of hydrogen-bond acceptors (Lipinski definition) is 2. The number of rotatable bonds is 3. The quantitative estimate of drug-likeness (QED) is 0.544. The first-order valence-corrected chi connectivity index (χ1v) is 6.99. The Labute approximate surface area is 84.4 Å². The van der Waals surface area contributed by atoms with Crippen molar-refractivity contribution in [2.45, 2.75) is 37.4 Å². The molecule has 1 rings (SSSR count). The summed E-state index contributed by atoms with van der Waals surface area (Å²) >= 11 is 0. The smallest absolute Gasteiger partial charge is 0.212 e. The molecule has 13 heavy (non-hydrogen) atoms. The van der Waals surface area contributed by atoms with Gasteiger partial charge in [-0.25, -0.2) is 8.42 Å². The van der Waals surface area contributed by atoms with Gasteiger partial charge in [-0.3, -0.25) is 0 Å². The molecule has 2 nitrogen and oxygen atoms in total. The van der Waals surface area contributed by atoms with E-state index in [1.807, 2.05) is 0 Å². The average Bonchev–Trinajstić information content (AvgIpc) is 2.05. The summed E-state index contributed by atoms with van der Waals surface area (Å²) in [5, 5.41) is -0.547. The van der Waals surface area contributed by atoms with Crippen LogP contribution in [0.2, 0.25) is 0 Å². The molecule has 0 aromatic heterocycles. The van der Waals surface area contributed by atoms with Crippen molar-refractivity contribution in [1.82, 2.24) is 0 Å². The number of halogens is 1. The monoisotopic (exact) mass is 222 g/mol. The van der Waals surface area contributed by atoms with Gasteiger partial charge in [0.05, 0.1) is 5.25 Å². The molecule has 1 aliphatic rings. The van der Waals surface area contributed by atoms with Crippen molar-refractivity contribution < 1.29 is 8.42 Å². The van der Waals surface area contributed by atoms with Crippen molar-refractivity contribution in [1.29, 1.82) is 0 Å². The molecule has 0 bridgehead atoms. The molecule has 0 aliphatic heterocycles. The Morgan fingerprint density at radius 2 is 1.85 bits per heavy atom. The zero-order valence-corrected chi connectivity index (χ0v) is 9.15. The first-order valence-electron chi connectivity index (χ1n) is 4.61. The van der Waals surface area contributed by atoms with E-state index in [-0.39, 0.29) is 5.92 Å².